The van der Waals surface area contributed by atoms with Crippen molar-refractivity contribution in [2.24, 2.45) is 7.05 Å². The van der Waals surface area contributed by atoms with E-state index in [0.717, 1.165) is 54.5 Å². The van der Waals surface area contributed by atoms with Gasteiger partial charge in [0.1, 0.15) is 0 Å². The minimum atomic E-state index is 0.117. The Hall–Kier alpha value is -2.98. The first-order valence-corrected chi connectivity index (χ1v) is 10.3. The third-order valence-corrected chi connectivity index (χ3v) is 6.31. The predicted octanol–water partition coefficient (Wildman–Crippen LogP) is 4.47. The molecule has 5 rings (SSSR count). The third kappa shape index (κ3) is 3.34. The van der Waals surface area contributed by atoms with Crippen molar-refractivity contribution in [1.29, 1.82) is 0 Å². The molecule has 4 nitrogen and oxygen atoms in total. The lowest BCUT2D eigenvalue weighted by Crippen LogP contribution is -2.35. The van der Waals surface area contributed by atoms with Crippen LogP contribution in [0.1, 0.15) is 29.9 Å². The van der Waals surface area contributed by atoms with Crippen molar-refractivity contribution >= 4 is 21.8 Å². The third-order valence-electron chi connectivity index (χ3n) is 6.31. The molecule has 0 unspecified atom stereocenters. The first-order valence-electron chi connectivity index (χ1n) is 10.3. The Morgan fingerprint density at radius 3 is 2.62 bits per heavy atom. The number of para-hydroxylation sites is 2. The fourth-order valence-electron chi connectivity index (χ4n) is 4.72. The van der Waals surface area contributed by atoms with Crippen molar-refractivity contribution in [3.05, 3.63) is 88.3 Å². The Labute approximate surface area is 170 Å². The van der Waals surface area contributed by atoms with Gasteiger partial charge < -0.3 is 4.57 Å². The van der Waals surface area contributed by atoms with Crippen molar-refractivity contribution in [1.82, 2.24) is 14.5 Å². The molecule has 0 bridgehead atoms. The summed E-state index contributed by atoms with van der Waals surface area (Å²) in [4.78, 5) is 19.7. The summed E-state index contributed by atoms with van der Waals surface area (Å²) in [6, 6.07) is 20.8. The molecule has 1 aliphatic heterocycles. The topological polar surface area (TPSA) is 38.1 Å². The van der Waals surface area contributed by atoms with Gasteiger partial charge in [0.2, 0.25) is 0 Å². The van der Waals surface area contributed by atoms with Gasteiger partial charge in [-0.2, -0.15) is 0 Å². The van der Waals surface area contributed by atoms with Gasteiger partial charge in [-0.25, -0.2) is 0 Å². The van der Waals surface area contributed by atoms with E-state index >= 15 is 0 Å². The summed E-state index contributed by atoms with van der Waals surface area (Å²) in [6.07, 6.45) is 4.16. The Morgan fingerprint density at radius 2 is 1.76 bits per heavy atom. The maximum absolute atomic E-state index is 12.8. The van der Waals surface area contributed by atoms with Crippen molar-refractivity contribution in [3.8, 4) is 0 Å². The minimum absolute atomic E-state index is 0.117. The summed E-state index contributed by atoms with van der Waals surface area (Å²) in [5.74, 6) is 0.554. The zero-order valence-corrected chi connectivity index (χ0v) is 16.7. The molecule has 29 heavy (non-hydrogen) atoms. The van der Waals surface area contributed by atoms with E-state index in [1.807, 2.05) is 37.5 Å². The van der Waals surface area contributed by atoms with Crippen molar-refractivity contribution in [2.45, 2.75) is 25.3 Å². The number of rotatable bonds is 3. The van der Waals surface area contributed by atoms with Crippen LogP contribution in [0.5, 0.6) is 0 Å². The first kappa shape index (κ1) is 18.1. The summed E-state index contributed by atoms with van der Waals surface area (Å²) in [7, 11) is 1.87. The maximum Gasteiger partial charge on any atom is 0.255 e. The van der Waals surface area contributed by atoms with Crippen molar-refractivity contribution in [2.75, 3.05) is 13.1 Å². The second-order valence-electron chi connectivity index (χ2n) is 8.06. The normalized spacial score (nSPS) is 15.9. The molecule has 1 fully saturated rings. The highest BCUT2D eigenvalue weighted by Crippen LogP contribution is 2.32. The number of fused-ring (bicyclic) bond motifs is 2. The molecule has 0 aliphatic carbocycles. The Bertz CT molecular complexity index is 1230. The molecule has 0 saturated carbocycles. The van der Waals surface area contributed by atoms with Crippen LogP contribution in [0.2, 0.25) is 0 Å². The summed E-state index contributed by atoms with van der Waals surface area (Å²) < 4.78 is 1.78. The standard InChI is InChI=1S/C25H25N3O/c1-27-24-9-5-2-6-19(24)16-20(25(27)29)17-28-14-11-18(12-15-28)21-10-13-26-23-8-4-3-7-22(21)23/h2-10,13,16,18H,11-12,14-15,17H2,1H3. The van der Waals surface area contributed by atoms with E-state index < -0.39 is 0 Å². The predicted molar refractivity (Wildman–Crippen MR) is 118 cm³/mol. The molecule has 1 aliphatic rings. The molecule has 1 saturated heterocycles. The molecule has 0 radical (unpaired) electrons. The SMILES string of the molecule is Cn1c(=O)c(CN2CCC(c3ccnc4ccccc34)CC2)cc2ccccc21. The molecule has 0 N–H and O–H groups in total. The highest BCUT2D eigenvalue weighted by atomic mass is 16.1. The summed E-state index contributed by atoms with van der Waals surface area (Å²) >= 11 is 0. The molecular formula is C25H25N3O. The maximum atomic E-state index is 12.8. The van der Waals surface area contributed by atoms with Crippen LogP contribution in [0, 0.1) is 0 Å². The highest BCUT2D eigenvalue weighted by Gasteiger charge is 2.23. The number of hydrogen-bond acceptors (Lipinski definition) is 3. The second-order valence-corrected chi connectivity index (χ2v) is 8.06. The lowest BCUT2D eigenvalue weighted by molar-refractivity contribution is 0.204. The molecule has 3 heterocycles. The van der Waals surface area contributed by atoms with Crippen LogP contribution in [0.25, 0.3) is 21.8 Å². The lowest BCUT2D eigenvalue weighted by atomic mass is 9.87. The summed E-state index contributed by atoms with van der Waals surface area (Å²) in [6.45, 7) is 2.75. The van der Waals surface area contributed by atoms with Crippen molar-refractivity contribution in [3.63, 3.8) is 0 Å². The zero-order valence-electron chi connectivity index (χ0n) is 16.7. The van der Waals surface area contributed by atoms with Gasteiger partial charge in [0.25, 0.3) is 5.56 Å². The molecule has 2 aromatic heterocycles. The molecule has 4 heteroatoms. The number of benzene rings is 2. The number of likely N-dealkylation sites (tertiary alicyclic amines) is 1. The number of aryl methyl sites for hydroxylation is 1. The first-order chi connectivity index (χ1) is 14.2. The van der Waals surface area contributed by atoms with Crippen molar-refractivity contribution < 1.29 is 0 Å². The molecule has 0 spiro atoms. The Kier molecular flexibility index (Phi) is 4.64. The largest absolute Gasteiger partial charge is 0.311 e. The van der Waals surface area contributed by atoms with E-state index in [-0.39, 0.29) is 5.56 Å². The van der Waals surface area contributed by atoms with Gasteiger partial charge in [-0.05, 0) is 67.1 Å². The highest BCUT2D eigenvalue weighted by molar-refractivity contribution is 5.82. The summed E-state index contributed by atoms with van der Waals surface area (Å²) in [5, 5.41) is 2.40. The molecular weight excluding hydrogens is 358 g/mol. The fourth-order valence-corrected chi connectivity index (χ4v) is 4.72. The zero-order chi connectivity index (χ0) is 19.8. The fraction of sp³-hybridized carbons (Fsp3) is 0.280. The van der Waals surface area contributed by atoms with E-state index in [1.54, 1.807) is 4.57 Å². The Morgan fingerprint density at radius 1 is 1.00 bits per heavy atom. The Balaban J connectivity index is 1.34. The van der Waals surface area contributed by atoms with Crippen LogP contribution < -0.4 is 5.56 Å². The van der Waals surface area contributed by atoms with Crippen LogP contribution in [-0.4, -0.2) is 27.5 Å². The van der Waals surface area contributed by atoms with Gasteiger partial charge in [-0.15, -0.1) is 0 Å². The summed E-state index contributed by atoms with van der Waals surface area (Å²) in [5.41, 5.74) is 4.48. The van der Waals surface area contributed by atoms with E-state index in [4.69, 9.17) is 0 Å². The lowest BCUT2D eigenvalue weighted by Gasteiger charge is -2.32. The smallest absolute Gasteiger partial charge is 0.255 e. The van der Waals surface area contributed by atoms with Gasteiger partial charge in [0.05, 0.1) is 11.0 Å². The van der Waals surface area contributed by atoms with Gasteiger partial charge in [0.15, 0.2) is 0 Å². The molecule has 0 atom stereocenters. The van der Waals surface area contributed by atoms with E-state index in [9.17, 15) is 4.79 Å². The van der Waals surface area contributed by atoms with Gasteiger partial charge in [0, 0.05) is 30.7 Å². The molecule has 4 aromatic rings. The van der Waals surface area contributed by atoms with Crippen LogP contribution in [0.15, 0.2) is 71.7 Å². The van der Waals surface area contributed by atoms with Crippen LogP contribution in [0.3, 0.4) is 0 Å². The number of hydrogen-bond donors (Lipinski definition) is 0. The average Bonchev–Trinajstić information content (AvgIpc) is 2.77. The molecule has 0 amide bonds. The number of nitrogens with zero attached hydrogens (tertiary/aromatic N) is 3. The van der Waals surface area contributed by atoms with E-state index in [1.165, 1.54) is 10.9 Å². The van der Waals surface area contributed by atoms with E-state index in [2.05, 4.69) is 46.3 Å². The minimum Gasteiger partial charge on any atom is -0.311 e. The second kappa shape index (κ2) is 7.45. The van der Waals surface area contributed by atoms with Crippen LogP contribution >= 0.6 is 0 Å². The number of piperidine rings is 1. The van der Waals surface area contributed by atoms with Crippen LogP contribution in [0.4, 0.5) is 0 Å². The number of pyridine rings is 2. The molecule has 146 valence electrons. The van der Waals surface area contributed by atoms with Crippen LogP contribution in [-0.2, 0) is 13.6 Å². The monoisotopic (exact) mass is 383 g/mol. The van der Waals surface area contributed by atoms with E-state index in [0.29, 0.717) is 5.92 Å². The number of aromatic nitrogens is 2. The quantitative estimate of drug-likeness (QED) is 0.524. The van der Waals surface area contributed by atoms with Gasteiger partial charge >= 0.3 is 0 Å². The van der Waals surface area contributed by atoms with Gasteiger partial charge in [-0.3, -0.25) is 14.7 Å². The molecule has 2 aromatic carbocycles. The van der Waals surface area contributed by atoms with Gasteiger partial charge in [-0.1, -0.05) is 36.4 Å². The average molecular weight is 383 g/mol.